The summed E-state index contributed by atoms with van der Waals surface area (Å²) in [5.41, 5.74) is 0.963. The fourth-order valence-corrected chi connectivity index (χ4v) is 4.09. The Balaban J connectivity index is 1.80. The van der Waals surface area contributed by atoms with E-state index in [-0.39, 0.29) is 11.9 Å². The van der Waals surface area contributed by atoms with Crippen LogP contribution in [0.3, 0.4) is 0 Å². The molecule has 1 aromatic carbocycles. The van der Waals surface area contributed by atoms with Crippen molar-refractivity contribution in [1.29, 1.82) is 0 Å². The lowest BCUT2D eigenvalue weighted by Gasteiger charge is -2.08. The lowest BCUT2D eigenvalue weighted by atomic mass is 10.1. The zero-order valence-corrected chi connectivity index (χ0v) is 17.8. The maximum absolute atomic E-state index is 12.3. The van der Waals surface area contributed by atoms with Crippen LogP contribution in [0.4, 0.5) is 18.9 Å². The van der Waals surface area contributed by atoms with Gasteiger partial charge in [-0.1, -0.05) is 38.8 Å². The molecule has 0 bridgehead atoms. The minimum absolute atomic E-state index is 0.272. The first-order chi connectivity index (χ1) is 13.9. The number of benzene rings is 1. The van der Waals surface area contributed by atoms with Gasteiger partial charge in [0.05, 0.1) is 23.3 Å². The second-order valence-electron chi connectivity index (χ2n) is 6.62. The van der Waals surface area contributed by atoms with Crippen LogP contribution in [0.5, 0.6) is 0 Å². The predicted octanol–water partition coefficient (Wildman–Crippen LogP) is 7.36. The van der Waals surface area contributed by atoms with Gasteiger partial charge in [-0.05, 0) is 42.7 Å². The van der Waals surface area contributed by atoms with Gasteiger partial charge in [0.2, 0.25) is 0 Å². The highest BCUT2D eigenvalue weighted by Gasteiger charge is 2.28. The maximum Gasteiger partial charge on any atom is 0.461 e. The molecule has 3 nitrogen and oxygen atoms in total. The summed E-state index contributed by atoms with van der Waals surface area (Å²) in [7, 11) is 0. The van der Waals surface area contributed by atoms with Crippen LogP contribution in [0.2, 0.25) is 0 Å². The molecule has 0 aliphatic heterocycles. The van der Waals surface area contributed by atoms with E-state index in [2.05, 4.69) is 30.7 Å². The molecule has 29 heavy (non-hydrogen) atoms. The quantitative estimate of drug-likeness (QED) is 0.374. The molecule has 0 amide bonds. The second-order valence-corrected chi connectivity index (χ2v) is 8.35. The van der Waals surface area contributed by atoms with Crippen LogP contribution in [0, 0.1) is 0 Å². The molecule has 0 radical (unpaired) electrons. The monoisotopic (exact) mass is 437 g/mol. The average molecular weight is 438 g/mol. The summed E-state index contributed by atoms with van der Waals surface area (Å²) in [5, 5.41) is 2.81. The Bertz CT molecular complexity index is 913. The van der Waals surface area contributed by atoms with Crippen LogP contribution >= 0.6 is 23.3 Å². The first-order valence-corrected chi connectivity index (χ1v) is 11.1. The lowest BCUT2D eigenvalue weighted by molar-refractivity contribution is -0.0323. The molecule has 1 N–H and O–H groups in total. The molecule has 0 atom stereocenters. The van der Waals surface area contributed by atoms with Crippen molar-refractivity contribution < 1.29 is 13.2 Å². The van der Waals surface area contributed by atoms with Crippen molar-refractivity contribution in [2.24, 2.45) is 0 Å². The molecule has 0 aliphatic carbocycles. The van der Waals surface area contributed by atoms with Crippen molar-refractivity contribution in [2.75, 3.05) is 4.72 Å². The number of thiazole rings is 1. The molecule has 0 spiro atoms. The van der Waals surface area contributed by atoms with E-state index in [0.29, 0.717) is 5.69 Å². The zero-order valence-electron chi connectivity index (χ0n) is 16.2. The third-order valence-corrected chi connectivity index (χ3v) is 5.61. The number of rotatable bonds is 8. The van der Waals surface area contributed by atoms with Crippen LogP contribution < -0.4 is 4.72 Å². The standard InChI is InChI=1S/C21H22F3N3S2/c1-3-5-14-11-17(6-4-2)25-18(12-14)20-26-19(13-28-20)15-7-9-16(10-8-15)27-29-21(22,23)24/h7-13,27H,3-6H2,1-2H3. The summed E-state index contributed by atoms with van der Waals surface area (Å²) in [5.74, 6) is 0. The number of pyridine rings is 1. The summed E-state index contributed by atoms with van der Waals surface area (Å²) in [6.07, 6.45) is 4.06. The van der Waals surface area contributed by atoms with E-state index in [9.17, 15) is 13.2 Å². The summed E-state index contributed by atoms with van der Waals surface area (Å²) in [6.45, 7) is 4.30. The van der Waals surface area contributed by atoms with Crippen LogP contribution in [-0.4, -0.2) is 15.5 Å². The number of aryl methyl sites for hydroxylation is 2. The summed E-state index contributed by atoms with van der Waals surface area (Å²) in [4.78, 5) is 9.49. The van der Waals surface area contributed by atoms with Crippen molar-refractivity contribution >= 4 is 29.0 Å². The first-order valence-electron chi connectivity index (χ1n) is 9.45. The third-order valence-electron chi connectivity index (χ3n) is 4.17. The van der Waals surface area contributed by atoms with E-state index in [0.717, 1.165) is 53.3 Å². The second kappa shape index (κ2) is 9.63. The Hall–Kier alpha value is -2.06. The minimum atomic E-state index is -4.32. The van der Waals surface area contributed by atoms with E-state index in [4.69, 9.17) is 9.97 Å². The molecule has 3 aromatic rings. The SMILES string of the molecule is CCCc1cc(CCC)nc(-c2nc(-c3ccc(NSC(F)(F)F)cc3)cs2)c1. The highest BCUT2D eigenvalue weighted by atomic mass is 32.2. The summed E-state index contributed by atoms with van der Waals surface area (Å²) < 4.78 is 39.2. The van der Waals surface area contributed by atoms with Crippen molar-refractivity contribution in [3.63, 3.8) is 0 Å². The van der Waals surface area contributed by atoms with Gasteiger partial charge in [-0.15, -0.1) is 11.3 Å². The van der Waals surface area contributed by atoms with Gasteiger partial charge in [0.25, 0.3) is 0 Å². The fraction of sp³-hybridized carbons (Fsp3) is 0.333. The van der Waals surface area contributed by atoms with Crippen LogP contribution in [0.1, 0.15) is 37.9 Å². The van der Waals surface area contributed by atoms with Crippen molar-refractivity contribution in [2.45, 2.75) is 45.0 Å². The molecule has 8 heteroatoms. The highest BCUT2D eigenvalue weighted by Crippen LogP contribution is 2.33. The van der Waals surface area contributed by atoms with Gasteiger partial charge in [0, 0.05) is 22.3 Å². The number of halogens is 3. The predicted molar refractivity (Wildman–Crippen MR) is 116 cm³/mol. The minimum Gasteiger partial charge on any atom is -0.323 e. The number of alkyl halides is 3. The van der Waals surface area contributed by atoms with Crippen LogP contribution in [-0.2, 0) is 12.8 Å². The highest BCUT2D eigenvalue weighted by molar-refractivity contribution is 8.01. The fourth-order valence-electron chi connectivity index (χ4n) is 2.93. The van der Waals surface area contributed by atoms with E-state index in [1.54, 1.807) is 24.3 Å². The topological polar surface area (TPSA) is 37.8 Å². The average Bonchev–Trinajstić information content (AvgIpc) is 3.17. The van der Waals surface area contributed by atoms with Crippen molar-refractivity contribution in [3.8, 4) is 22.0 Å². The lowest BCUT2D eigenvalue weighted by Crippen LogP contribution is -2.04. The number of aromatic nitrogens is 2. The number of nitrogens with one attached hydrogen (secondary N) is 1. The molecular weight excluding hydrogens is 415 g/mol. The molecule has 0 fully saturated rings. The Kier molecular flexibility index (Phi) is 7.18. The number of anilines is 1. The van der Waals surface area contributed by atoms with Gasteiger partial charge in [-0.25, -0.2) is 4.98 Å². The molecular formula is C21H22F3N3S2. The van der Waals surface area contributed by atoms with Gasteiger partial charge in [-0.3, -0.25) is 4.98 Å². The van der Waals surface area contributed by atoms with E-state index < -0.39 is 5.51 Å². The zero-order chi connectivity index (χ0) is 20.9. The largest absolute Gasteiger partial charge is 0.461 e. The van der Waals surface area contributed by atoms with Gasteiger partial charge in [-0.2, -0.15) is 13.2 Å². The van der Waals surface area contributed by atoms with E-state index in [1.807, 2.05) is 5.38 Å². The molecule has 0 aliphatic rings. The smallest absolute Gasteiger partial charge is 0.323 e. The van der Waals surface area contributed by atoms with Gasteiger partial charge in [0.1, 0.15) is 5.01 Å². The molecule has 0 saturated heterocycles. The Morgan fingerprint density at radius 2 is 1.69 bits per heavy atom. The molecule has 154 valence electrons. The molecule has 2 heterocycles. The Labute approximate surface area is 176 Å². The van der Waals surface area contributed by atoms with E-state index in [1.165, 1.54) is 16.9 Å². The van der Waals surface area contributed by atoms with Crippen molar-refractivity contribution in [1.82, 2.24) is 9.97 Å². The molecule has 0 saturated carbocycles. The normalized spacial score (nSPS) is 11.6. The first kappa shape index (κ1) is 21.6. The van der Waals surface area contributed by atoms with Gasteiger partial charge in [0.15, 0.2) is 0 Å². The number of nitrogens with zero attached hydrogens (tertiary/aromatic N) is 2. The van der Waals surface area contributed by atoms with Crippen LogP contribution in [0.15, 0.2) is 41.8 Å². The van der Waals surface area contributed by atoms with E-state index >= 15 is 0 Å². The Morgan fingerprint density at radius 1 is 0.966 bits per heavy atom. The summed E-state index contributed by atoms with van der Waals surface area (Å²) in [6, 6.07) is 11.0. The van der Waals surface area contributed by atoms with Gasteiger partial charge >= 0.3 is 5.51 Å². The summed E-state index contributed by atoms with van der Waals surface area (Å²) >= 11 is 1.26. The Morgan fingerprint density at radius 3 is 2.34 bits per heavy atom. The molecule has 2 aromatic heterocycles. The van der Waals surface area contributed by atoms with Crippen molar-refractivity contribution in [3.05, 3.63) is 53.0 Å². The third kappa shape index (κ3) is 6.21. The molecule has 3 rings (SSSR count). The molecule has 0 unspecified atom stereocenters. The maximum atomic E-state index is 12.3. The number of hydrogen-bond donors (Lipinski definition) is 1. The van der Waals surface area contributed by atoms with Gasteiger partial charge < -0.3 is 4.72 Å². The number of hydrogen-bond acceptors (Lipinski definition) is 5. The van der Waals surface area contributed by atoms with Crippen LogP contribution in [0.25, 0.3) is 22.0 Å².